The molecule has 0 heterocycles. The molecule has 0 amide bonds. The summed E-state index contributed by atoms with van der Waals surface area (Å²) in [4.78, 5) is 10.2. The molecule has 0 fully saturated rings. The highest BCUT2D eigenvalue weighted by Gasteiger charge is 2.33. The second kappa shape index (κ2) is 3.40. The molecular weight excluding hydrogens is 200 g/mol. The molecule has 0 bridgehead atoms. The third-order valence-electron chi connectivity index (χ3n) is 1.78. The number of hydrogen-bond donors (Lipinski definition) is 0. The summed E-state index contributed by atoms with van der Waals surface area (Å²) in [6.07, 6.45) is -4.50. The predicted molar refractivity (Wildman–Crippen MR) is 41.5 cm³/mol. The number of aryl methyl sites for hydroxylation is 1. The highest BCUT2D eigenvalue weighted by molar-refractivity contribution is 5.75. The highest BCUT2D eigenvalue weighted by Crippen LogP contribution is 2.32. The fraction of sp³-hybridized carbons (Fsp3) is 0.222. The van der Waals surface area contributed by atoms with Gasteiger partial charge in [0.2, 0.25) is 0 Å². The van der Waals surface area contributed by atoms with E-state index in [9.17, 15) is 22.4 Å². The average molecular weight is 206 g/mol. The lowest BCUT2D eigenvalue weighted by atomic mass is 10.0. The van der Waals surface area contributed by atoms with E-state index in [4.69, 9.17) is 0 Å². The molecule has 0 aliphatic rings. The quantitative estimate of drug-likeness (QED) is 0.510. The summed E-state index contributed by atoms with van der Waals surface area (Å²) in [5, 5.41) is 0. The van der Waals surface area contributed by atoms with E-state index in [-0.39, 0.29) is 11.8 Å². The second-order valence-corrected chi connectivity index (χ2v) is 2.80. The van der Waals surface area contributed by atoms with Crippen LogP contribution in [0.15, 0.2) is 12.1 Å². The molecule has 1 aromatic rings. The van der Waals surface area contributed by atoms with Crippen LogP contribution >= 0.6 is 0 Å². The molecule has 1 rings (SSSR count). The van der Waals surface area contributed by atoms with Gasteiger partial charge in [-0.15, -0.1) is 0 Å². The standard InChI is InChI=1S/C9H6F4O/c1-5-2-8(10)6(4-14)3-7(5)9(11,12)13/h2-4H,1H3. The maximum absolute atomic E-state index is 12.8. The molecule has 5 heteroatoms. The minimum absolute atomic E-state index is 0.0595. The number of hydrogen-bond acceptors (Lipinski definition) is 1. The van der Waals surface area contributed by atoms with Crippen LogP contribution in [0.25, 0.3) is 0 Å². The molecule has 0 saturated heterocycles. The van der Waals surface area contributed by atoms with E-state index < -0.39 is 23.1 Å². The van der Waals surface area contributed by atoms with Gasteiger partial charge in [-0.05, 0) is 24.6 Å². The molecular formula is C9H6F4O. The molecule has 0 N–H and O–H groups in total. The van der Waals surface area contributed by atoms with Crippen molar-refractivity contribution < 1.29 is 22.4 Å². The van der Waals surface area contributed by atoms with Gasteiger partial charge in [0.25, 0.3) is 0 Å². The number of halogens is 4. The van der Waals surface area contributed by atoms with E-state index in [0.717, 1.165) is 6.92 Å². The molecule has 76 valence electrons. The van der Waals surface area contributed by atoms with Gasteiger partial charge in [-0.2, -0.15) is 13.2 Å². The largest absolute Gasteiger partial charge is 0.416 e. The van der Waals surface area contributed by atoms with Crippen molar-refractivity contribution in [1.29, 1.82) is 0 Å². The number of carbonyl (C=O) groups is 1. The van der Waals surface area contributed by atoms with Crippen LogP contribution in [0.1, 0.15) is 21.5 Å². The van der Waals surface area contributed by atoms with Crippen LogP contribution in [-0.2, 0) is 6.18 Å². The summed E-state index contributed by atoms with van der Waals surface area (Å²) in [6.45, 7) is 1.14. The molecule has 0 unspecified atom stereocenters. The zero-order valence-corrected chi connectivity index (χ0v) is 7.15. The Balaban J connectivity index is 3.39. The Morgan fingerprint density at radius 3 is 2.29 bits per heavy atom. The normalized spacial score (nSPS) is 11.5. The second-order valence-electron chi connectivity index (χ2n) is 2.80. The van der Waals surface area contributed by atoms with Crippen LogP contribution in [0.4, 0.5) is 17.6 Å². The Bertz CT molecular complexity index is 368. The lowest BCUT2D eigenvalue weighted by Gasteiger charge is -2.10. The Morgan fingerprint density at radius 2 is 1.86 bits per heavy atom. The van der Waals surface area contributed by atoms with Crippen LogP contribution in [0.3, 0.4) is 0 Å². The number of benzene rings is 1. The first kappa shape index (κ1) is 10.7. The van der Waals surface area contributed by atoms with Gasteiger partial charge in [0, 0.05) is 0 Å². The smallest absolute Gasteiger partial charge is 0.298 e. The van der Waals surface area contributed by atoms with Crippen LogP contribution in [0.2, 0.25) is 0 Å². The van der Waals surface area contributed by atoms with Crippen LogP contribution in [-0.4, -0.2) is 6.29 Å². The number of carbonyl (C=O) groups excluding carboxylic acids is 1. The topological polar surface area (TPSA) is 17.1 Å². The summed E-state index contributed by atoms with van der Waals surface area (Å²) < 4.78 is 49.6. The minimum Gasteiger partial charge on any atom is -0.298 e. The first-order valence-electron chi connectivity index (χ1n) is 3.69. The summed E-state index contributed by atoms with van der Waals surface area (Å²) >= 11 is 0. The summed E-state index contributed by atoms with van der Waals surface area (Å²) in [6, 6.07) is 1.21. The van der Waals surface area contributed by atoms with Crippen molar-refractivity contribution >= 4 is 6.29 Å². The molecule has 0 spiro atoms. The lowest BCUT2D eigenvalue weighted by molar-refractivity contribution is -0.138. The molecule has 1 aromatic carbocycles. The Labute approximate surface area is 77.3 Å². The Morgan fingerprint density at radius 1 is 1.29 bits per heavy atom. The van der Waals surface area contributed by atoms with Gasteiger partial charge in [0.05, 0.1) is 11.1 Å². The minimum atomic E-state index is -4.56. The monoisotopic (exact) mass is 206 g/mol. The maximum atomic E-state index is 12.8. The SMILES string of the molecule is Cc1cc(F)c(C=O)cc1C(F)(F)F. The molecule has 0 radical (unpaired) electrons. The van der Waals surface area contributed by atoms with Crippen molar-refractivity contribution in [2.24, 2.45) is 0 Å². The van der Waals surface area contributed by atoms with Gasteiger partial charge in [-0.1, -0.05) is 0 Å². The fourth-order valence-corrected chi connectivity index (χ4v) is 1.09. The zero-order chi connectivity index (χ0) is 10.9. The van der Waals surface area contributed by atoms with Crippen LogP contribution in [0, 0.1) is 12.7 Å². The Hall–Kier alpha value is -1.39. The lowest BCUT2D eigenvalue weighted by Crippen LogP contribution is -2.09. The number of alkyl halides is 3. The van der Waals surface area contributed by atoms with E-state index in [1.54, 1.807) is 0 Å². The van der Waals surface area contributed by atoms with Crippen molar-refractivity contribution in [3.8, 4) is 0 Å². The van der Waals surface area contributed by atoms with E-state index in [2.05, 4.69) is 0 Å². The first-order valence-corrected chi connectivity index (χ1v) is 3.69. The third kappa shape index (κ3) is 1.92. The third-order valence-corrected chi connectivity index (χ3v) is 1.78. The molecule has 0 atom stereocenters. The zero-order valence-electron chi connectivity index (χ0n) is 7.15. The summed E-state index contributed by atoms with van der Waals surface area (Å²) in [7, 11) is 0. The van der Waals surface area contributed by atoms with Gasteiger partial charge >= 0.3 is 6.18 Å². The van der Waals surface area contributed by atoms with Gasteiger partial charge in [0.1, 0.15) is 5.82 Å². The molecule has 0 aliphatic heterocycles. The van der Waals surface area contributed by atoms with Crippen molar-refractivity contribution in [3.63, 3.8) is 0 Å². The van der Waals surface area contributed by atoms with Crippen LogP contribution in [0.5, 0.6) is 0 Å². The fourth-order valence-electron chi connectivity index (χ4n) is 1.09. The molecule has 14 heavy (non-hydrogen) atoms. The molecule has 0 aromatic heterocycles. The maximum Gasteiger partial charge on any atom is 0.416 e. The first-order chi connectivity index (χ1) is 6.36. The van der Waals surface area contributed by atoms with Crippen molar-refractivity contribution in [1.82, 2.24) is 0 Å². The van der Waals surface area contributed by atoms with E-state index >= 15 is 0 Å². The van der Waals surface area contributed by atoms with Crippen molar-refractivity contribution in [2.75, 3.05) is 0 Å². The summed E-state index contributed by atoms with van der Waals surface area (Å²) in [5.41, 5.74) is -1.80. The van der Waals surface area contributed by atoms with Crippen molar-refractivity contribution in [3.05, 3.63) is 34.6 Å². The number of rotatable bonds is 1. The van der Waals surface area contributed by atoms with Gasteiger partial charge in [-0.25, -0.2) is 4.39 Å². The van der Waals surface area contributed by atoms with Crippen molar-refractivity contribution in [2.45, 2.75) is 13.1 Å². The van der Waals surface area contributed by atoms with Crippen LogP contribution < -0.4 is 0 Å². The Kier molecular flexibility index (Phi) is 2.59. The molecule has 0 saturated carbocycles. The van der Waals surface area contributed by atoms with E-state index in [0.29, 0.717) is 12.1 Å². The van der Waals surface area contributed by atoms with Gasteiger partial charge in [0.15, 0.2) is 6.29 Å². The van der Waals surface area contributed by atoms with Gasteiger partial charge < -0.3 is 0 Å². The highest BCUT2D eigenvalue weighted by atomic mass is 19.4. The predicted octanol–water partition coefficient (Wildman–Crippen LogP) is 2.97. The molecule has 0 aliphatic carbocycles. The average Bonchev–Trinajstić information content (AvgIpc) is 2.02. The van der Waals surface area contributed by atoms with E-state index in [1.807, 2.05) is 0 Å². The number of aldehydes is 1. The summed E-state index contributed by atoms with van der Waals surface area (Å²) in [5.74, 6) is -0.939. The van der Waals surface area contributed by atoms with E-state index in [1.165, 1.54) is 0 Å². The van der Waals surface area contributed by atoms with Gasteiger partial charge in [-0.3, -0.25) is 4.79 Å². The molecule has 1 nitrogen and oxygen atoms in total.